The van der Waals surface area contributed by atoms with Gasteiger partial charge in [-0.3, -0.25) is 9.59 Å². The zero-order chi connectivity index (χ0) is 21.1. The third-order valence-corrected chi connectivity index (χ3v) is 6.12. The van der Waals surface area contributed by atoms with E-state index in [2.05, 4.69) is 11.4 Å². The fraction of sp³-hybridized carbons (Fsp3) is 0.375. The number of carbonyl (C=O) groups excluding carboxylic acids is 3. The molecule has 1 aliphatic heterocycles. The maximum absolute atomic E-state index is 13.4. The molecule has 1 aliphatic carbocycles. The number of rotatable bonds is 4. The summed E-state index contributed by atoms with van der Waals surface area (Å²) >= 11 is 0. The van der Waals surface area contributed by atoms with Crippen LogP contribution >= 0.6 is 0 Å². The van der Waals surface area contributed by atoms with E-state index in [9.17, 15) is 14.4 Å². The summed E-state index contributed by atoms with van der Waals surface area (Å²) in [6.45, 7) is 0.671. The summed E-state index contributed by atoms with van der Waals surface area (Å²) in [6, 6.07) is 14.7. The smallest absolute Gasteiger partial charge is 0.337 e. The Bertz CT molecular complexity index is 971. The van der Waals surface area contributed by atoms with Crippen molar-refractivity contribution in [3.05, 3.63) is 59.7 Å². The number of amides is 2. The average molecular weight is 406 g/mol. The van der Waals surface area contributed by atoms with Gasteiger partial charge < -0.3 is 15.0 Å². The van der Waals surface area contributed by atoms with Crippen molar-refractivity contribution < 1.29 is 19.1 Å². The first-order chi connectivity index (χ1) is 14.6. The summed E-state index contributed by atoms with van der Waals surface area (Å²) in [5, 5.41) is 2.91. The van der Waals surface area contributed by atoms with Crippen LogP contribution in [0.3, 0.4) is 0 Å². The molecule has 2 aliphatic rings. The topological polar surface area (TPSA) is 75.7 Å². The van der Waals surface area contributed by atoms with Gasteiger partial charge in [0.15, 0.2) is 0 Å². The molecule has 2 aromatic carbocycles. The summed E-state index contributed by atoms with van der Waals surface area (Å²) in [6.07, 6.45) is 4.15. The van der Waals surface area contributed by atoms with E-state index in [1.165, 1.54) is 12.7 Å². The monoisotopic (exact) mass is 406 g/mol. The third kappa shape index (κ3) is 3.95. The highest BCUT2D eigenvalue weighted by molar-refractivity contribution is 6.02. The van der Waals surface area contributed by atoms with Gasteiger partial charge in [0.05, 0.1) is 18.6 Å². The molecule has 0 saturated heterocycles. The predicted molar refractivity (Wildman–Crippen MR) is 114 cm³/mol. The normalized spacial score (nSPS) is 20.4. The fourth-order valence-electron chi connectivity index (χ4n) is 4.58. The van der Waals surface area contributed by atoms with Crippen LogP contribution in [0.5, 0.6) is 0 Å². The lowest BCUT2D eigenvalue weighted by atomic mass is 9.77. The van der Waals surface area contributed by atoms with Crippen LogP contribution in [0.25, 0.3) is 0 Å². The van der Waals surface area contributed by atoms with Crippen LogP contribution in [0, 0.1) is 11.8 Å². The third-order valence-electron chi connectivity index (χ3n) is 6.12. The SMILES string of the molecule is COC(=O)c1cccc(NC(=O)C2CCCCC2C(=O)N2CCc3ccccc32)c1. The Kier molecular flexibility index (Phi) is 5.84. The maximum atomic E-state index is 13.4. The highest BCUT2D eigenvalue weighted by Crippen LogP contribution is 2.36. The number of benzene rings is 2. The van der Waals surface area contributed by atoms with Gasteiger partial charge in [-0.05, 0) is 49.1 Å². The Hall–Kier alpha value is -3.15. The number of ether oxygens (including phenoxy) is 1. The van der Waals surface area contributed by atoms with Crippen molar-refractivity contribution in [1.29, 1.82) is 0 Å². The number of para-hydroxylation sites is 1. The Morgan fingerprint density at radius 1 is 1.00 bits per heavy atom. The van der Waals surface area contributed by atoms with Crippen LogP contribution < -0.4 is 10.2 Å². The van der Waals surface area contributed by atoms with Crippen molar-refractivity contribution in [2.24, 2.45) is 11.8 Å². The van der Waals surface area contributed by atoms with Crippen LogP contribution in [0.2, 0.25) is 0 Å². The predicted octanol–water partition coefficient (Wildman–Crippen LogP) is 3.81. The molecule has 2 amide bonds. The van der Waals surface area contributed by atoms with Gasteiger partial charge in [0.25, 0.3) is 0 Å². The van der Waals surface area contributed by atoms with Gasteiger partial charge in [0.2, 0.25) is 11.8 Å². The molecule has 156 valence electrons. The summed E-state index contributed by atoms with van der Waals surface area (Å²) in [5.74, 6) is -1.27. The number of esters is 1. The highest BCUT2D eigenvalue weighted by atomic mass is 16.5. The van der Waals surface area contributed by atoms with Crippen LogP contribution in [0.15, 0.2) is 48.5 Å². The number of hydrogen-bond donors (Lipinski definition) is 1. The molecule has 30 heavy (non-hydrogen) atoms. The number of hydrogen-bond acceptors (Lipinski definition) is 4. The van der Waals surface area contributed by atoms with Crippen molar-refractivity contribution in [2.45, 2.75) is 32.1 Å². The Morgan fingerprint density at radius 3 is 2.57 bits per heavy atom. The lowest BCUT2D eigenvalue weighted by Gasteiger charge is -2.32. The van der Waals surface area contributed by atoms with E-state index < -0.39 is 5.97 Å². The molecule has 1 N–H and O–H groups in total. The number of carbonyl (C=O) groups is 3. The van der Waals surface area contributed by atoms with Crippen molar-refractivity contribution in [3.63, 3.8) is 0 Å². The summed E-state index contributed by atoms with van der Waals surface area (Å²) < 4.78 is 4.74. The van der Waals surface area contributed by atoms with Gasteiger partial charge >= 0.3 is 5.97 Å². The number of methoxy groups -OCH3 is 1. The molecule has 6 nitrogen and oxygen atoms in total. The molecule has 0 spiro atoms. The van der Waals surface area contributed by atoms with E-state index in [0.29, 0.717) is 24.2 Å². The summed E-state index contributed by atoms with van der Waals surface area (Å²) in [4.78, 5) is 40.1. The quantitative estimate of drug-likeness (QED) is 0.784. The lowest BCUT2D eigenvalue weighted by molar-refractivity contribution is -0.132. The van der Waals surface area contributed by atoms with Gasteiger partial charge in [-0.25, -0.2) is 4.79 Å². The summed E-state index contributed by atoms with van der Waals surface area (Å²) in [7, 11) is 1.32. The zero-order valence-corrected chi connectivity index (χ0v) is 17.1. The van der Waals surface area contributed by atoms with Gasteiger partial charge in [-0.15, -0.1) is 0 Å². The standard InChI is InChI=1S/C24H26N2O4/c1-30-24(29)17-8-6-9-18(15-17)25-22(27)19-10-3-4-11-20(19)23(28)26-14-13-16-7-2-5-12-21(16)26/h2,5-9,12,15,19-20H,3-4,10-11,13-14H2,1H3,(H,25,27). The molecule has 1 fully saturated rings. The molecule has 0 radical (unpaired) electrons. The molecule has 6 heteroatoms. The molecule has 4 rings (SSSR count). The molecule has 2 atom stereocenters. The fourth-order valence-corrected chi connectivity index (χ4v) is 4.58. The van der Waals surface area contributed by atoms with E-state index in [0.717, 1.165) is 31.4 Å². The molecular formula is C24H26N2O4. The maximum Gasteiger partial charge on any atom is 0.337 e. The van der Waals surface area contributed by atoms with Crippen molar-refractivity contribution in [1.82, 2.24) is 0 Å². The number of anilines is 2. The highest BCUT2D eigenvalue weighted by Gasteiger charge is 2.39. The van der Waals surface area contributed by atoms with Crippen molar-refractivity contribution in [3.8, 4) is 0 Å². The van der Waals surface area contributed by atoms with Crippen LogP contribution in [-0.2, 0) is 20.7 Å². The Balaban J connectivity index is 1.51. The minimum Gasteiger partial charge on any atom is -0.465 e. The minimum absolute atomic E-state index is 0.0445. The first-order valence-electron chi connectivity index (χ1n) is 10.5. The molecule has 2 aromatic rings. The van der Waals surface area contributed by atoms with E-state index in [-0.39, 0.29) is 23.7 Å². The summed E-state index contributed by atoms with van der Waals surface area (Å²) in [5.41, 5.74) is 3.06. The van der Waals surface area contributed by atoms with Gasteiger partial charge in [-0.2, -0.15) is 0 Å². The number of nitrogens with one attached hydrogen (secondary N) is 1. The van der Waals surface area contributed by atoms with Crippen molar-refractivity contribution in [2.75, 3.05) is 23.9 Å². The lowest BCUT2D eigenvalue weighted by Crippen LogP contribution is -2.43. The molecule has 0 bridgehead atoms. The van der Waals surface area contributed by atoms with Gasteiger partial charge in [0, 0.05) is 23.8 Å². The molecule has 2 unspecified atom stereocenters. The molecule has 0 aromatic heterocycles. The second kappa shape index (κ2) is 8.69. The first kappa shape index (κ1) is 20.1. The van der Waals surface area contributed by atoms with Gasteiger partial charge in [0.1, 0.15) is 0 Å². The Morgan fingerprint density at radius 2 is 1.77 bits per heavy atom. The van der Waals surface area contributed by atoms with E-state index in [1.807, 2.05) is 23.1 Å². The van der Waals surface area contributed by atoms with E-state index >= 15 is 0 Å². The number of fused-ring (bicyclic) bond motifs is 1. The second-order valence-electron chi connectivity index (χ2n) is 7.93. The first-order valence-corrected chi connectivity index (χ1v) is 10.5. The molecule has 1 saturated carbocycles. The van der Waals surface area contributed by atoms with Crippen LogP contribution in [0.4, 0.5) is 11.4 Å². The van der Waals surface area contributed by atoms with Crippen molar-refractivity contribution >= 4 is 29.2 Å². The van der Waals surface area contributed by atoms with Crippen LogP contribution in [0.1, 0.15) is 41.6 Å². The number of nitrogens with zero attached hydrogens (tertiary/aromatic N) is 1. The van der Waals surface area contributed by atoms with E-state index in [4.69, 9.17) is 4.74 Å². The Labute approximate surface area is 176 Å². The minimum atomic E-state index is -0.454. The zero-order valence-electron chi connectivity index (χ0n) is 17.1. The van der Waals surface area contributed by atoms with Crippen LogP contribution in [-0.4, -0.2) is 31.4 Å². The van der Waals surface area contributed by atoms with E-state index in [1.54, 1.807) is 24.3 Å². The molecular weight excluding hydrogens is 380 g/mol. The largest absolute Gasteiger partial charge is 0.465 e. The van der Waals surface area contributed by atoms with Gasteiger partial charge in [-0.1, -0.05) is 37.1 Å². The molecule has 1 heterocycles. The average Bonchev–Trinajstić information content (AvgIpc) is 3.22. The second-order valence-corrected chi connectivity index (χ2v) is 7.93.